The molecule has 2 atom stereocenters. The summed E-state index contributed by atoms with van der Waals surface area (Å²) in [4.78, 5) is 52.7. The fraction of sp³-hybridized carbons (Fsp3) is 0.286. The largest absolute Gasteiger partial charge is 0.481 e. The molecule has 7 heteroatoms. The van der Waals surface area contributed by atoms with Crippen molar-refractivity contribution in [1.29, 1.82) is 0 Å². The molecule has 0 heterocycles. The maximum absolute atomic E-state index is 10.8. The molecule has 1 aliphatic carbocycles. The third-order valence-electron chi connectivity index (χ3n) is 1.90. The molecule has 0 amide bonds. The zero-order valence-electron chi connectivity index (χ0n) is 6.59. The number of Topliss-reactive ketones (excluding diaryl/α,β-unsaturated/α-hetero) is 3. The van der Waals surface area contributed by atoms with Crippen LogP contribution in [0.2, 0.25) is 0 Å². The van der Waals surface area contributed by atoms with Gasteiger partial charge >= 0.3 is 11.9 Å². The van der Waals surface area contributed by atoms with Crippen molar-refractivity contribution in [1.82, 2.24) is 0 Å². The third-order valence-corrected chi connectivity index (χ3v) is 1.90. The molecule has 2 N–H and O–H groups in total. The average Bonchev–Trinajstić information content (AvgIpc) is 2.10. The minimum atomic E-state index is -1.91. The topological polar surface area (TPSA) is 126 Å². The van der Waals surface area contributed by atoms with E-state index in [4.69, 9.17) is 10.2 Å². The highest BCUT2D eigenvalue weighted by molar-refractivity contribution is 6.58. The highest BCUT2D eigenvalue weighted by atomic mass is 16.4. The van der Waals surface area contributed by atoms with Gasteiger partial charge in [-0.05, 0) is 0 Å². The fourth-order valence-electron chi connectivity index (χ4n) is 1.17. The summed E-state index contributed by atoms with van der Waals surface area (Å²) in [6.45, 7) is 0. The van der Waals surface area contributed by atoms with Gasteiger partial charge in [0.2, 0.25) is 11.6 Å². The SMILES string of the molecule is O=C(O)C(=O)C1C(=O)C(=O)C1C(=O)O. The lowest BCUT2D eigenvalue weighted by atomic mass is 9.69. The quantitative estimate of drug-likeness (QED) is 0.402. The second-order valence-corrected chi connectivity index (χ2v) is 2.69. The summed E-state index contributed by atoms with van der Waals surface area (Å²) in [5.74, 6) is -11.3. The molecule has 0 aromatic carbocycles. The molecule has 0 bridgehead atoms. The molecule has 74 valence electrons. The number of ketones is 3. The second-order valence-electron chi connectivity index (χ2n) is 2.69. The normalized spacial score (nSPS) is 25.4. The van der Waals surface area contributed by atoms with Crippen LogP contribution in [0.25, 0.3) is 0 Å². The van der Waals surface area contributed by atoms with E-state index in [-0.39, 0.29) is 0 Å². The Kier molecular flexibility index (Phi) is 2.16. The number of carboxylic acid groups (broad SMARTS) is 2. The first-order valence-electron chi connectivity index (χ1n) is 3.46. The van der Waals surface area contributed by atoms with Crippen LogP contribution in [0.1, 0.15) is 0 Å². The Balaban J connectivity index is 2.95. The van der Waals surface area contributed by atoms with Crippen LogP contribution in [0.4, 0.5) is 0 Å². The molecule has 0 spiro atoms. The molecule has 0 aliphatic heterocycles. The lowest BCUT2D eigenvalue weighted by Crippen LogP contribution is -2.57. The van der Waals surface area contributed by atoms with Gasteiger partial charge in [-0.15, -0.1) is 0 Å². The van der Waals surface area contributed by atoms with Crippen molar-refractivity contribution >= 4 is 29.3 Å². The van der Waals surface area contributed by atoms with Crippen molar-refractivity contribution in [2.45, 2.75) is 0 Å². The maximum Gasteiger partial charge on any atom is 0.373 e. The van der Waals surface area contributed by atoms with Gasteiger partial charge in [0.05, 0.1) is 0 Å². The van der Waals surface area contributed by atoms with E-state index in [1.807, 2.05) is 0 Å². The molecule has 0 aromatic rings. The Bertz CT molecular complexity index is 366. The molecule has 0 aromatic heterocycles. The molecule has 2 unspecified atom stereocenters. The van der Waals surface area contributed by atoms with E-state index >= 15 is 0 Å². The second kappa shape index (κ2) is 3.02. The number of carboxylic acids is 2. The summed E-state index contributed by atoms with van der Waals surface area (Å²) in [6, 6.07) is 0. The van der Waals surface area contributed by atoms with Crippen LogP contribution in [-0.4, -0.2) is 39.5 Å². The van der Waals surface area contributed by atoms with Crippen LogP contribution >= 0.6 is 0 Å². The molecule has 7 nitrogen and oxygen atoms in total. The number of hydrogen-bond acceptors (Lipinski definition) is 5. The molecule has 1 fully saturated rings. The smallest absolute Gasteiger partial charge is 0.373 e. The Labute approximate surface area is 76.3 Å². The van der Waals surface area contributed by atoms with Crippen LogP contribution in [0, 0.1) is 11.8 Å². The van der Waals surface area contributed by atoms with Crippen molar-refractivity contribution < 1.29 is 34.2 Å². The van der Waals surface area contributed by atoms with Gasteiger partial charge in [-0.2, -0.15) is 0 Å². The minimum absolute atomic E-state index is 1.22. The zero-order chi connectivity index (χ0) is 11.0. The summed E-state index contributed by atoms with van der Waals surface area (Å²) >= 11 is 0. The van der Waals surface area contributed by atoms with E-state index in [9.17, 15) is 24.0 Å². The van der Waals surface area contributed by atoms with Crippen LogP contribution in [0.15, 0.2) is 0 Å². The van der Waals surface area contributed by atoms with E-state index in [1.165, 1.54) is 0 Å². The van der Waals surface area contributed by atoms with E-state index in [0.29, 0.717) is 0 Å². The molecular formula is C7H4O7. The van der Waals surface area contributed by atoms with Gasteiger partial charge in [-0.3, -0.25) is 19.2 Å². The van der Waals surface area contributed by atoms with Gasteiger partial charge in [0.1, 0.15) is 11.8 Å². The van der Waals surface area contributed by atoms with Crippen molar-refractivity contribution in [2.75, 3.05) is 0 Å². The third kappa shape index (κ3) is 1.18. The van der Waals surface area contributed by atoms with E-state index < -0.39 is 41.1 Å². The van der Waals surface area contributed by atoms with E-state index in [1.54, 1.807) is 0 Å². The monoisotopic (exact) mass is 200 g/mol. The summed E-state index contributed by atoms with van der Waals surface area (Å²) in [5, 5.41) is 16.6. The Morgan fingerprint density at radius 3 is 1.71 bits per heavy atom. The van der Waals surface area contributed by atoms with Crippen LogP contribution in [0.3, 0.4) is 0 Å². The first-order valence-corrected chi connectivity index (χ1v) is 3.46. The fourth-order valence-corrected chi connectivity index (χ4v) is 1.17. The first kappa shape index (κ1) is 10.0. The molecule has 1 rings (SSSR count). The predicted octanol–water partition coefficient (Wildman–Crippen LogP) is -1.89. The number of aliphatic carboxylic acids is 2. The van der Waals surface area contributed by atoms with Crippen molar-refractivity contribution in [2.24, 2.45) is 11.8 Å². The summed E-state index contributed by atoms with van der Waals surface area (Å²) in [7, 11) is 0. The maximum atomic E-state index is 10.8. The highest BCUT2D eigenvalue weighted by Crippen LogP contribution is 2.28. The van der Waals surface area contributed by atoms with Crippen LogP contribution in [0.5, 0.6) is 0 Å². The standard InChI is InChI=1S/C7H4O7/c8-3-1(5(10)7(13)14)2(4(3)9)6(11)12/h1-2H,(H,11,12)(H,13,14). The molecule has 1 saturated carbocycles. The number of carbonyl (C=O) groups excluding carboxylic acids is 3. The van der Waals surface area contributed by atoms with Gasteiger partial charge < -0.3 is 10.2 Å². The molecular weight excluding hydrogens is 196 g/mol. The summed E-state index contributed by atoms with van der Waals surface area (Å²) < 4.78 is 0. The Hall–Kier alpha value is -2.05. The molecule has 0 radical (unpaired) electrons. The lowest BCUT2D eigenvalue weighted by molar-refractivity contribution is -0.169. The predicted molar refractivity (Wildman–Crippen MR) is 37.3 cm³/mol. The number of carbonyl (C=O) groups is 5. The Morgan fingerprint density at radius 1 is 0.929 bits per heavy atom. The van der Waals surface area contributed by atoms with Crippen LogP contribution in [-0.2, 0) is 24.0 Å². The Morgan fingerprint density at radius 2 is 1.36 bits per heavy atom. The van der Waals surface area contributed by atoms with Gasteiger partial charge in [0, 0.05) is 0 Å². The van der Waals surface area contributed by atoms with Crippen molar-refractivity contribution in [3.8, 4) is 0 Å². The average molecular weight is 200 g/mol. The molecule has 14 heavy (non-hydrogen) atoms. The van der Waals surface area contributed by atoms with E-state index in [0.717, 1.165) is 0 Å². The van der Waals surface area contributed by atoms with E-state index in [2.05, 4.69) is 0 Å². The molecule has 1 aliphatic rings. The van der Waals surface area contributed by atoms with Gasteiger partial charge in [0.25, 0.3) is 5.78 Å². The summed E-state index contributed by atoms with van der Waals surface area (Å²) in [6.07, 6.45) is 0. The lowest BCUT2D eigenvalue weighted by Gasteiger charge is -2.26. The number of hydrogen-bond donors (Lipinski definition) is 2. The minimum Gasteiger partial charge on any atom is -0.481 e. The molecule has 0 saturated heterocycles. The van der Waals surface area contributed by atoms with Gasteiger partial charge in [-0.25, -0.2) is 4.79 Å². The van der Waals surface area contributed by atoms with Crippen molar-refractivity contribution in [3.63, 3.8) is 0 Å². The summed E-state index contributed by atoms with van der Waals surface area (Å²) in [5.41, 5.74) is 0. The van der Waals surface area contributed by atoms with Gasteiger partial charge in [0.15, 0.2) is 0 Å². The highest BCUT2D eigenvalue weighted by Gasteiger charge is 2.58. The first-order chi connectivity index (χ1) is 6.37. The zero-order valence-corrected chi connectivity index (χ0v) is 6.59. The van der Waals surface area contributed by atoms with Gasteiger partial charge in [-0.1, -0.05) is 0 Å². The van der Waals surface area contributed by atoms with Crippen molar-refractivity contribution in [3.05, 3.63) is 0 Å². The van der Waals surface area contributed by atoms with Crippen LogP contribution < -0.4 is 0 Å². The number of rotatable bonds is 3.